The van der Waals surface area contributed by atoms with Crippen molar-refractivity contribution in [3.8, 4) is 0 Å². The normalized spacial score (nSPS) is 10.3. The number of nitrogens with one attached hydrogen (secondary N) is 2. The smallest absolute Gasteiger partial charge is 0.228 e. The summed E-state index contributed by atoms with van der Waals surface area (Å²) in [7, 11) is 1.68. The van der Waals surface area contributed by atoms with Crippen LogP contribution in [0.15, 0.2) is 48.5 Å². The van der Waals surface area contributed by atoms with Crippen LogP contribution in [0.1, 0.15) is 12.0 Å². The second kappa shape index (κ2) is 8.90. The van der Waals surface area contributed by atoms with Gasteiger partial charge in [-0.25, -0.2) is 4.39 Å². The quantitative estimate of drug-likeness (QED) is 0.733. The SMILES string of the molecule is COCCCNc1ccc(NC(=O)Cc2ccc(F)cc2)cc1. The number of carbonyl (C=O) groups is 1. The van der Waals surface area contributed by atoms with E-state index < -0.39 is 0 Å². The molecule has 0 spiro atoms. The van der Waals surface area contributed by atoms with Crippen molar-refractivity contribution in [1.29, 1.82) is 0 Å². The summed E-state index contributed by atoms with van der Waals surface area (Å²) in [4.78, 5) is 12.0. The zero-order valence-corrected chi connectivity index (χ0v) is 13.1. The average molecular weight is 316 g/mol. The lowest BCUT2D eigenvalue weighted by Gasteiger charge is -2.08. The number of hydrogen-bond acceptors (Lipinski definition) is 3. The lowest BCUT2D eigenvalue weighted by atomic mass is 10.1. The van der Waals surface area contributed by atoms with E-state index in [1.54, 1.807) is 19.2 Å². The molecular formula is C18H21FN2O2. The van der Waals surface area contributed by atoms with Crippen LogP contribution < -0.4 is 10.6 Å². The highest BCUT2D eigenvalue weighted by atomic mass is 19.1. The molecule has 1 amide bonds. The molecule has 5 heteroatoms. The molecule has 0 unspecified atom stereocenters. The molecule has 0 bridgehead atoms. The van der Waals surface area contributed by atoms with Crippen LogP contribution in [-0.4, -0.2) is 26.2 Å². The number of ether oxygens (including phenoxy) is 1. The van der Waals surface area contributed by atoms with Gasteiger partial charge >= 0.3 is 0 Å². The summed E-state index contributed by atoms with van der Waals surface area (Å²) >= 11 is 0. The molecule has 0 aliphatic carbocycles. The number of hydrogen-bond donors (Lipinski definition) is 2. The summed E-state index contributed by atoms with van der Waals surface area (Å²) in [5, 5.41) is 6.11. The molecule has 23 heavy (non-hydrogen) atoms. The lowest BCUT2D eigenvalue weighted by Crippen LogP contribution is -2.14. The van der Waals surface area contributed by atoms with Crippen molar-refractivity contribution in [3.63, 3.8) is 0 Å². The van der Waals surface area contributed by atoms with E-state index in [2.05, 4.69) is 10.6 Å². The molecule has 0 aliphatic rings. The standard InChI is InChI=1S/C18H21FN2O2/c1-23-12-2-11-20-16-7-9-17(10-8-16)21-18(22)13-14-3-5-15(19)6-4-14/h3-10,20H,2,11-13H2,1H3,(H,21,22). The fourth-order valence-electron chi connectivity index (χ4n) is 2.11. The van der Waals surface area contributed by atoms with Gasteiger partial charge < -0.3 is 15.4 Å². The molecular weight excluding hydrogens is 295 g/mol. The highest BCUT2D eigenvalue weighted by Gasteiger charge is 2.04. The zero-order chi connectivity index (χ0) is 16.5. The van der Waals surface area contributed by atoms with Gasteiger partial charge in [-0.1, -0.05) is 12.1 Å². The predicted molar refractivity (Wildman–Crippen MR) is 90.2 cm³/mol. The molecule has 0 atom stereocenters. The Morgan fingerprint density at radius 3 is 2.35 bits per heavy atom. The topological polar surface area (TPSA) is 50.4 Å². The van der Waals surface area contributed by atoms with Crippen molar-refractivity contribution in [3.05, 3.63) is 59.9 Å². The van der Waals surface area contributed by atoms with E-state index >= 15 is 0 Å². The average Bonchev–Trinajstić information content (AvgIpc) is 2.55. The first-order valence-corrected chi connectivity index (χ1v) is 7.54. The minimum atomic E-state index is -0.303. The number of anilines is 2. The first kappa shape index (κ1) is 17.0. The Hall–Kier alpha value is -2.40. The molecule has 2 N–H and O–H groups in total. The van der Waals surface area contributed by atoms with Crippen LogP contribution in [0.4, 0.5) is 15.8 Å². The summed E-state index contributed by atoms with van der Waals surface area (Å²) in [5.74, 6) is -0.430. The first-order valence-electron chi connectivity index (χ1n) is 7.54. The van der Waals surface area contributed by atoms with Crippen LogP contribution in [-0.2, 0) is 16.0 Å². The first-order chi connectivity index (χ1) is 11.2. The Labute approximate surface area is 135 Å². The highest BCUT2D eigenvalue weighted by Crippen LogP contribution is 2.14. The Balaban J connectivity index is 1.80. The van der Waals surface area contributed by atoms with Crippen molar-refractivity contribution in [2.75, 3.05) is 30.9 Å². The number of benzene rings is 2. The molecule has 0 saturated heterocycles. The van der Waals surface area contributed by atoms with E-state index in [1.807, 2.05) is 24.3 Å². The van der Waals surface area contributed by atoms with E-state index in [9.17, 15) is 9.18 Å². The van der Waals surface area contributed by atoms with Crippen LogP contribution >= 0.6 is 0 Å². The Kier molecular flexibility index (Phi) is 6.56. The molecule has 0 saturated carbocycles. The Morgan fingerprint density at radius 1 is 1.04 bits per heavy atom. The number of methoxy groups -OCH3 is 1. The molecule has 2 rings (SSSR count). The van der Waals surface area contributed by atoms with Crippen LogP contribution in [0.25, 0.3) is 0 Å². The molecule has 0 radical (unpaired) electrons. The summed E-state index contributed by atoms with van der Waals surface area (Å²) in [6, 6.07) is 13.5. The van der Waals surface area contributed by atoms with Crippen molar-refractivity contribution in [1.82, 2.24) is 0 Å². The molecule has 2 aromatic rings. The number of carbonyl (C=O) groups excluding carboxylic acids is 1. The Morgan fingerprint density at radius 2 is 1.70 bits per heavy atom. The fourth-order valence-corrected chi connectivity index (χ4v) is 2.11. The molecule has 0 fully saturated rings. The van der Waals surface area contributed by atoms with Crippen molar-refractivity contribution >= 4 is 17.3 Å². The molecule has 4 nitrogen and oxygen atoms in total. The van der Waals surface area contributed by atoms with E-state index in [0.717, 1.165) is 36.5 Å². The van der Waals surface area contributed by atoms with E-state index in [4.69, 9.17) is 4.74 Å². The van der Waals surface area contributed by atoms with Gasteiger partial charge in [-0.05, 0) is 48.4 Å². The van der Waals surface area contributed by atoms with Crippen LogP contribution in [0, 0.1) is 5.82 Å². The third-order valence-corrected chi connectivity index (χ3v) is 3.30. The highest BCUT2D eigenvalue weighted by molar-refractivity contribution is 5.92. The van der Waals surface area contributed by atoms with Crippen molar-refractivity contribution in [2.24, 2.45) is 0 Å². The molecule has 0 aliphatic heterocycles. The third kappa shape index (κ3) is 6.08. The van der Waals surface area contributed by atoms with Crippen LogP contribution in [0.3, 0.4) is 0 Å². The zero-order valence-electron chi connectivity index (χ0n) is 13.1. The number of halogens is 1. The van der Waals surface area contributed by atoms with Crippen LogP contribution in [0.5, 0.6) is 0 Å². The van der Waals surface area contributed by atoms with Gasteiger partial charge in [-0.15, -0.1) is 0 Å². The van der Waals surface area contributed by atoms with Gasteiger partial charge in [0.05, 0.1) is 6.42 Å². The molecule has 122 valence electrons. The summed E-state index contributed by atoms with van der Waals surface area (Å²) < 4.78 is 17.8. The van der Waals surface area contributed by atoms with E-state index in [1.165, 1.54) is 12.1 Å². The predicted octanol–water partition coefficient (Wildman–Crippen LogP) is 3.46. The number of amides is 1. The van der Waals surface area contributed by atoms with Gasteiger partial charge in [0.15, 0.2) is 0 Å². The number of rotatable bonds is 8. The van der Waals surface area contributed by atoms with Gasteiger partial charge in [0.1, 0.15) is 5.82 Å². The molecule has 2 aromatic carbocycles. The summed E-state index contributed by atoms with van der Waals surface area (Å²) in [6.45, 7) is 1.56. The summed E-state index contributed by atoms with van der Waals surface area (Å²) in [6.07, 6.45) is 1.16. The monoisotopic (exact) mass is 316 g/mol. The van der Waals surface area contributed by atoms with E-state index in [-0.39, 0.29) is 18.1 Å². The van der Waals surface area contributed by atoms with Gasteiger partial charge in [0.25, 0.3) is 0 Å². The largest absolute Gasteiger partial charge is 0.385 e. The lowest BCUT2D eigenvalue weighted by molar-refractivity contribution is -0.115. The maximum Gasteiger partial charge on any atom is 0.228 e. The van der Waals surface area contributed by atoms with Crippen molar-refractivity contribution < 1.29 is 13.9 Å². The second-order valence-corrected chi connectivity index (χ2v) is 5.20. The van der Waals surface area contributed by atoms with Crippen LogP contribution in [0.2, 0.25) is 0 Å². The minimum absolute atomic E-state index is 0.127. The molecule has 0 heterocycles. The van der Waals surface area contributed by atoms with Crippen molar-refractivity contribution in [2.45, 2.75) is 12.8 Å². The van der Waals surface area contributed by atoms with E-state index in [0.29, 0.717) is 0 Å². The maximum atomic E-state index is 12.8. The van der Waals surface area contributed by atoms with Gasteiger partial charge in [0, 0.05) is 31.6 Å². The van der Waals surface area contributed by atoms with Gasteiger partial charge in [-0.2, -0.15) is 0 Å². The minimum Gasteiger partial charge on any atom is -0.385 e. The van der Waals surface area contributed by atoms with Gasteiger partial charge in [0.2, 0.25) is 5.91 Å². The second-order valence-electron chi connectivity index (χ2n) is 5.20. The van der Waals surface area contributed by atoms with Gasteiger partial charge in [-0.3, -0.25) is 4.79 Å². The fraction of sp³-hybridized carbons (Fsp3) is 0.278. The Bertz CT molecular complexity index is 612. The maximum absolute atomic E-state index is 12.8. The molecule has 0 aromatic heterocycles. The third-order valence-electron chi connectivity index (χ3n) is 3.30. The summed E-state index contributed by atoms with van der Waals surface area (Å²) in [5.41, 5.74) is 2.51.